The molecule has 1 aromatic carbocycles. The largest absolute Gasteiger partial charge is 0.356 e. The first-order valence-electron chi connectivity index (χ1n) is 9.72. The van der Waals surface area contributed by atoms with Gasteiger partial charge in [0, 0.05) is 32.1 Å². The van der Waals surface area contributed by atoms with Gasteiger partial charge in [-0.05, 0) is 59.0 Å². The average Bonchev–Trinajstić information content (AvgIpc) is 3.03. The van der Waals surface area contributed by atoms with E-state index < -0.39 is 0 Å². The van der Waals surface area contributed by atoms with Crippen LogP contribution in [0.25, 0.3) is 11.0 Å². The minimum atomic E-state index is 0.130. The molecule has 3 rings (SSSR count). The van der Waals surface area contributed by atoms with Gasteiger partial charge < -0.3 is 19.7 Å². The zero-order valence-electron chi connectivity index (χ0n) is 16.2. The standard InChI is InChI=1S/C20H31N5O/c1-4-25-18-9-6-5-8-17(18)22-20(25)24-14-10-16(11-15-24)19(26)21-12-7-13-23(2)3/h5-6,8-9,16H,4,7,10-15H2,1-3H3,(H,21,26). The van der Waals surface area contributed by atoms with Crippen molar-refractivity contribution < 1.29 is 4.79 Å². The number of anilines is 1. The van der Waals surface area contributed by atoms with Gasteiger partial charge in [-0.1, -0.05) is 12.1 Å². The minimum absolute atomic E-state index is 0.130. The molecule has 6 nitrogen and oxygen atoms in total. The van der Waals surface area contributed by atoms with Gasteiger partial charge in [-0.3, -0.25) is 4.79 Å². The van der Waals surface area contributed by atoms with Crippen molar-refractivity contribution in [3.8, 4) is 0 Å². The summed E-state index contributed by atoms with van der Waals surface area (Å²) in [5, 5.41) is 3.10. The number of benzene rings is 1. The van der Waals surface area contributed by atoms with Crippen LogP contribution in [0.5, 0.6) is 0 Å². The predicted octanol–water partition coefficient (Wildman–Crippen LogP) is 2.34. The first kappa shape index (κ1) is 18.7. The molecule has 0 spiro atoms. The number of rotatable bonds is 7. The van der Waals surface area contributed by atoms with Crippen LogP contribution in [-0.4, -0.2) is 60.6 Å². The van der Waals surface area contributed by atoms with E-state index in [1.54, 1.807) is 0 Å². The Hall–Kier alpha value is -2.08. The number of hydrogen-bond acceptors (Lipinski definition) is 4. The van der Waals surface area contributed by atoms with Crippen LogP contribution in [0.2, 0.25) is 0 Å². The van der Waals surface area contributed by atoms with Gasteiger partial charge in [0.25, 0.3) is 0 Å². The number of imidazole rings is 1. The van der Waals surface area contributed by atoms with Crippen LogP contribution < -0.4 is 10.2 Å². The highest BCUT2D eigenvalue weighted by atomic mass is 16.1. The number of hydrogen-bond donors (Lipinski definition) is 1. The van der Waals surface area contributed by atoms with Crippen molar-refractivity contribution >= 4 is 22.9 Å². The summed E-state index contributed by atoms with van der Waals surface area (Å²) in [6, 6.07) is 8.29. The highest BCUT2D eigenvalue weighted by Crippen LogP contribution is 2.26. The fourth-order valence-electron chi connectivity index (χ4n) is 3.71. The lowest BCUT2D eigenvalue weighted by Crippen LogP contribution is -2.41. The lowest BCUT2D eigenvalue weighted by molar-refractivity contribution is -0.125. The molecule has 1 aliphatic heterocycles. The summed E-state index contributed by atoms with van der Waals surface area (Å²) in [5.74, 6) is 1.39. The van der Waals surface area contributed by atoms with E-state index in [1.807, 2.05) is 6.07 Å². The normalized spacial score (nSPS) is 15.8. The summed E-state index contributed by atoms with van der Waals surface area (Å²) in [6.45, 7) is 6.61. The van der Waals surface area contributed by atoms with Crippen molar-refractivity contribution in [2.45, 2.75) is 32.7 Å². The molecule has 1 fully saturated rings. The summed E-state index contributed by atoms with van der Waals surface area (Å²) in [5.41, 5.74) is 2.23. The van der Waals surface area contributed by atoms with Crippen molar-refractivity contribution in [1.82, 2.24) is 19.8 Å². The van der Waals surface area contributed by atoms with Gasteiger partial charge in [-0.2, -0.15) is 0 Å². The van der Waals surface area contributed by atoms with E-state index in [1.165, 1.54) is 5.52 Å². The molecule has 2 aromatic rings. The third kappa shape index (κ3) is 4.18. The molecule has 1 saturated heterocycles. The zero-order valence-corrected chi connectivity index (χ0v) is 16.2. The molecule has 2 heterocycles. The van der Waals surface area contributed by atoms with Gasteiger partial charge in [0.05, 0.1) is 11.0 Å². The number of para-hydroxylation sites is 2. The van der Waals surface area contributed by atoms with E-state index in [-0.39, 0.29) is 11.8 Å². The Bertz CT molecular complexity index is 731. The van der Waals surface area contributed by atoms with Gasteiger partial charge in [0.2, 0.25) is 11.9 Å². The highest BCUT2D eigenvalue weighted by molar-refractivity contribution is 5.80. The van der Waals surface area contributed by atoms with Crippen LogP contribution in [-0.2, 0) is 11.3 Å². The highest BCUT2D eigenvalue weighted by Gasteiger charge is 2.27. The summed E-state index contributed by atoms with van der Waals surface area (Å²) in [6.07, 6.45) is 2.79. The molecule has 142 valence electrons. The molecular weight excluding hydrogens is 326 g/mol. The van der Waals surface area contributed by atoms with Crippen molar-refractivity contribution in [1.29, 1.82) is 0 Å². The molecule has 26 heavy (non-hydrogen) atoms. The topological polar surface area (TPSA) is 53.4 Å². The monoisotopic (exact) mass is 357 g/mol. The number of fused-ring (bicyclic) bond motifs is 1. The third-order valence-corrected chi connectivity index (χ3v) is 5.18. The van der Waals surface area contributed by atoms with E-state index in [4.69, 9.17) is 4.98 Å². The lowest BCUT2D eigenvalue weighted by atomic mass is 9.96. The summed E-state index contributed by atoms with van der Waals surface area (Å²) in [7, 11) is 4.11. The molecule has 0 aliphatic carbocycles. The van der Waals surface area contributed by atoms with E-state index in [2.05, 4.69) is 58.9 Å². The lowest BCUT2D eigenvalue weighted by Gasteiger charge is -2.32. The van der Waals surface area contributed by atoms with Crippen LogP contribution in [0.15, 0.2) is 24.3 Å². The molecule has 0 radical (unpaired) electrons. The molecule has 0 atom stereocenters. The first-order chi connectivity index (χ1) is 12.6. The number of amides is 1. The maximum Gasteiger partial charge on any atom is 0.223 e. The van der Waals surface area contributed by atoms with Crippen molar-refractivity contribution in [2.75, 3.05) is 45.2 Å². The SMILES string of the molecule is CCn1c(N2CCC(C(=O)NCCCN(C)C)CC2)nc2ccccc21. The Balaban J connectivity index is 1.56. The second-order valence-corrected chi connectivity index (χ2v) is 7.35. The van der Waals surface area contributed by atoms with E-state index in [9.17, 15) is 4.79 Å². The molecule has 1 amide bonds. The smallest absolute Gasteiger partial charge is 0.223 e. The molecule has 0 bridgehead atoms. The number of aryl methyl sites for hydroxylation is 1. The summed E-state index contributed by atoms with van der Waals surface area (Å²) < 4.78 is 2.27. The van der Waals surface area contributed by atoms with Gasteiger partial charge in [0.1, 0.15) is 0 Å². The van der Waals surface area contributed by atoms with Gasteiger partial charge in [0.15, 0.2) is 0 Å². The van der Waals surface area contributed by atoms with Crippen molar-refractivity contribution in [3.63, 3.8) is 0 Å². The Labute approximate surface area is 156 Å². The molecule has 1 N–H and O–H groups in total. The number of carbonyl (C=O) groups excluding carboxylic acids is 1. The number of nitrogens with one attached hydrogen (secondary N) is 1. The van der Waals surface area contributed by atoms with Gasteiger partial charge >= 0.3 is 0 Å². The summed E-state index contributed by atoms with van der Waals surface area (Å²) in [4.78, 5) is 21.7. The molecule has 1 aromatic heterocycles. The van der Waals surface area contributed by atoms with Crippen molar-refractivity contribution in [3.05, 3.63) is 24.3 Å². The van der Waals surface area contributed by atoms with Crippen LogP contribution in [0.4, 0.5) is 5.95 Å². The predicted molar refractivity (Wildman–Crippen MR) is 107 cm³/mol. The molecule has 0 saturated carbocycles. The van der Waals surface area contributed by atoms with Gasteiger partial charge in [-0.15, -0.1) is 0 Å². The quantitative estimate of drug-likeness (QED) is 0.773. The minimum Gasteiger partial charge on any atom is -0.356 e. The first-order valence-corrected chi connectivity index (χ1v) is 9.72. The fourth-order valence-corrected chi connectivity index (χ4v) is 3.71. The fraction of sp³-hybridized carbons (Fsp3) is 0.600. The van der Waals surface area contributed by atoms with Gasteiger partial charge in [-0.25, -0.2) is 4.98 Å². The van der Waals surface area contributed by atoms with E-state index in [0.29, 0.717) is 0 Å². The Morgan fingerprint density at radius 3 is 2.69 bits per heavy atom. The molecule has 1 aliphatic rings. The van der Waals surface area contributed by atoms with Crippen LogP contribution in [0.3, 0.4) is 0 Å². The maximum atomic E-state index is 12.4. The van der Waals surface area contributed by atoms with Crippen LogP contribution in [0, 0.1) is 5.92 Å². The molecule has 0 unspecified atom stereocenters. The Morgan fingerprint density at radius 1 is 1.27 bits per heavy atom. The van der Waals surface area contributed by atoms with E-state index in [0.717, 1.165) is 63.5 Å². The van der Waals surface area contributed by atoms with Crippen LogP contribution >= 0.6 is 0 Å². The van der Waals surface area contributed by atoms with E-state index >= 15 is 0 Å². The Kier molecular flexibility index (Phi) is 6.14. The number of nitrogens with zero attached hydrogens (tertiary/aromatic N) is 4. The molecule has 6 heteroatoms. The zero-order chi connectivity index (χ0) is 18.5. The number of carbonyl (C=O) groups is 1. The van der Waals surface area contributed by atoms with Crippen molar-refractivity contribution in [2.24, 2.45) is 5.92 Å². The Morgan fingerprint density at radius 2 is 2.00 bits per heavy atom. The average molecular weight is 358 g/mol. The maximum absolute atomic E-state index is 12.4. The third-order valence-electron chi connectivity index (χ3n) is 5.18. The molecular formula is C20H31N5O. The van der Waals surface area contributed by atoms with Crippen LogP contribution in [0.1, 0.15) is 26.2 Å². The summed E-state index contributed by atoms with van der Waals surface area (Å²) >= 11 is 0. The second-order valence-electron chi connectivity index (χ2n) is 7.35. The second kappa shape index (κ2) is 8.54. The number of aromatic nitrogens is 2. The number of piperidine rings is 1.